The van der Waals surface area contributed by atoms with Crippen LogP contribution in [-0.4, -0.2) is 16.1 Å². The molecule has 0 aliphatic carbocycles. The number of carbonyl (C=O) groups is 1. The summed E-state index contributed by atoms with van der Waals surface area (Å²) in [6.45, 7) is 3.58. The number of H-pyrrole nitrogens is 1. The van der Waals surface area contributed by atoms with Crippen LogP contribution in [0.1, 0.15) is 21.7 Å². The molecule has 2 aromatic rings. The van der Waals surface area contributed by atoms with Crippen LogP contribution in [0.15, 0.2) is 22.7 Å². The van der Waals surface area contributed by atoms with Crippen molar-refractivity contribution < 1.29 is 9.18 Å². The maximum atomic E-state index is 13.2. The van der Waals surface area contributed by atoms with E-state index >= 15 is 0 Å². The van der Waals surface area contributed by atoms with Crippen LogP contribution in [0.3, 0.4) is 0 Å². The average Bonchev–Trinajstić information content (AvgIpc) is 2.59. The van der Waals surface area contributed by atoms with Gasteiger partial charge in [0.05, 0.1) is 17.1 Å². The summed E-state index contributed by atoms with van der Waals surface area (Å²) in [5, 5.41) is 9.45. The van der Waals surface area contributed by atoms with Crippen molar-refractivity contribution >= 4 is 27.5 Å². The number of benzene rings is 1. The molecule has 1 aromatic carbocycles. The molecule has 4 nitrogen and oxygen atoms in total. The van der Waals surface area contributed by atoms with Gasteiger partial charge in [-0.2, -0.15) is 5.10 Å². The number of amides is 1. The van der Waals surface area contributed by atoms with E-state index in [0.29, 0.717) is 15.9 Å². The monoisotopic (exact) mass is 311 g/mol. The Balaban J connectivity index is 2.27. The van der Waals surface area contributed by atoms with Gasteiger partial charge in [-0.25, -0.2) is 4.39 Å². The quantitative estimate of drug-likeness (QED) is 0.895. The van der Waals surface area contributed by atoms with Crippen molar-refractivity contribution in [1.29, 1.82) is 0 Å². The lowest BCUT2D eigenvalue weighted by molar-refractivity contribution is 0.102. The zero-order valence-corrected chi connectivity index (χ0v) is 11.4. The molecule has 0 saturated carbocycles. The SMILES string of the molecule is Cc1n[nH]c(C)c1NC(=O)c1cc(F)cc(Br)c1. The Morgan fingerprint density at radius 2 is 2.11 bits per heavy atom. The summed E-state index contributed by atoms with van der Waals surface area (Å²) in [5.74, 6) is -0.835. The minimum atomic E-state index is -0.463. The lowest BCUT2D eigenvalue weighted by Crippen LogP contribution is -2.13. The van der Waals surface area contributed by atoms with E-state index in [1.54, 1.807) is 19.9 Å². The fourth-order valence-corrected chi connectivity index (χ4v) is 2.07. The van der Waals surface area contributed by atoms with Gasteiger partial charge in [-0.05, 0) is 32.0 Å². The Hall–Kier alpha value is -1.69. The number of aryl methyl sites for hydroxylation is 2. The summed E-state index contributed by atoms with van der Waals surface area (Å²) in [7, 11) is 0. The molecule has 1 heterocycles. The van der Waals surface area contributed by atoms with Crippen LogP contribution in [0.5, 0.6) is 0 Å². The molecule has 0 bridgehead atoms. The molecule has 0 fully saturated rings. The molecular weight excluding hydrogens is 301 g/mol. The highest BCUT2D eigenvalue weighted by Crippen LogP contribution is 2.19. The third kappa shape index (κ3) is 2.59. The van der Waals surface area contributed by atoms with Crippen molar-refractivity contribution in [3.63, 3.8) is 0 Å². The fraction of sp³-hybridized carbons (Fsp3) is 0.167. The van der Waals surface area contributed by atoms with Gasteiger partial charge in [0.15, 0.2) is 0 Å². The van der Waals surface area contributed by atoms with Crippen LogP contribution in [0, 0.1) is 19.7 Å². The first-order valence-electron chi connectivity index (χ1n) is 5.26. The van der Waals surface area contributed by atoms with Crippen LogP contribution >= 0.6 is 15.9 Å². The van der Waals surface area contributed by atoms with E-state index in [2.05, 4.69) is 31.4 Å². The van der Waals surface area contributed by atoms with Crippen molar-refractivity contribution in [3.05, 3.63) is 45.4 Å². The topological polar surface area (TPSA) is 57.8 Å². The van der Waals surface area contributed by atoms with Gasteiger partial charge in [0.25, 0.3) is 5.91 Å². The van der Waals surface area contributed by atoms with Crippen LogP contribution in [0.25, 0.3) is 0 Å². The summed E-state index contributed by atoms with van der Waals surface area (Å²) < 4.78 is 13.7. The summed E-state index contributed by atoms with van der Waals surface area (Å²) in [6, 6.07) is 4.04. The molecule has 18 heavy (non-hydrogen) atoms. The highest BCUT2D eigenvalue weighted by molar-refractivity contribution is 9.10. The standard InChI is InChI=1S/C12H11BrFN3O/c1-6-11(7(2)17-16-6)15-12(18)8-3-9(13)5-10(14)4-8/h3-5H,1-2H3,(H,15,18)(H,16,17). The maximum absolute atomic E-state index is 13.2. The number of nitrogens with zero attached hydrogens (tertiary/aromatic N) is 1. The van der Waals surface area contributed by atoms with E-state index in [9.17, 15) is 9.18 Å². The van der Waals surface area contributed by atoms with E-state index < -0.39 is 5.82 Å². The number of carbonyl (C=O) groups excluding carboxylic acids is 1. The highest BCUT2D eigenvalue weighted by atomic mass is 79.9. The molecule has 0 aliphatic rings. The first-order chi connectivity index (χ1) is 8.47. The third-order valence-electron chi connectivity index (χ3n) is 2.49. The molecule has 1 aromatic heterocycles. The van der Waals surface area contributed by atoms with E-state index in [-0.39, 0.29) is 11.5 Å². The summed E-state index contributed by atoms with van der Waals surface area (Å²) in [5.41, 5.74) is 2.33. The van der Waals surface area contributed by atoms with Crippen molar-refractivity contribution in [3.8, 4) is 0 Å². The predicted molar refractivity (Wildman–Crippen MR) is 70.1 cm³/mol. The summed E-state index contributed by atoms with van der Waals surface area (Å²) in [6.07, 6.45) is 0. The molecule has 6 heteroatoms. The Morgan fingerprint density at radius 1 is 1.39 bits per heavy atom. The summed E-state index contributed by atoms with van der Waals surface area (Å²) in [4.78, 5) is 12.0. The molecule has 0 spiro atoms. The molecule has 2 rings (SSSR count). The van der Waals surface area contributed by atoms with Crippen LogP contribution < -0.4 is 5.32 Å². The van der Waals surface area contributed by atoms with Gasteiger partial charge < -0.3 is 5.32 Å². The van der Waals surface area contributed by atoms with Gasteiger partial charge in [0, 0.05) is 10.0 Å². The van der Waals surface area contributed by atoms with Gasteiger partial charge in [0.1, 0.15) is 5.82 Å². The van der Waals surface area contributed by atoms with Crippen LogP contribution in [-0.2, 0) is 0 Å². The van der Waals surface area contributed by atoms with Crippen molar-refractivity contribution in [1.82, 2.24) is 10.2 Å². The van der Waals surface area contributed by atoms with Gasteiger partial charge in [-0.1, -0.05) is 15.9 Å². The lowest BCUT2D eigenvalue weighted by Gasteiger charge is -2.06. The van der Waals surface area contributed by atoms with E-state index in [1.165, 1.54) is 12.1 Å². The molecule has 0 unspecified atom stereocenters. The highest BCUT2D eigenvalue weighted by Gasteiger charge is 2.13. The van der Waals surface area contributed by atoms with Gasteiger partial charge >= 0.3 is 0 Å². The number of rotatable bonds is 2. The van der Waals surface area contributed by atoms with E-state index in [4.69, 9.17) is 0 Å². The molecule has 0 radical (unpaired) electrons. The fourth-order valence-electron chi connectivity index (χ4n) is 1.61. The normalized spacial score (nSPS) is 10.4. The zero-order valence-electron chi connectivity index (χ0n) is 9.84. The molecular formula is C12H11BrFN3O. The number of hydrogen-bond acceptors (Lipinski definition) is 2. The van der Waals surface area contributed by atoms with Crippen molar-refractivity contribution in [2.24, 2.45) is 0 Å². The smallest absolute Gasteiger partial charge is 0.255 e. The largest absolute Gasteiger partial charge is 0.319 e. The number of aromatic amines is 1. The van der Waals surface area contributed by atoms with Crippen molar-refractivity contribution in [2.45, 2.75) is 13.8 Å². The maximum Gasteiger partial charge on any atom is 0.255 e. The van der Waals surface area contributed by atoms with Crippen LogP contribution in [0.4, 0.5) is 10.1 Å². The number of nitrogens with one attached hydrogen (secondary N) is 2. The molecule has 94 valence electrons. The molecule has 1 amide bonds. The first kappa shape index (κ1) is 12.8. The Morgan fingerprint density at radius 3 is 2.67 bits per heavy atom. The van der Waals surface area contributed by atoms with Gasteiger partial charge in [-0.15, -0.1) is 0 Å². The average molecular weight is 312 g/mol. The second kappa shape index (κ2) is 4.89. The van der Waals surface area contributed by atoms with Gasteiger partial charge in [0.2, 0.25) is 0 Å². The number of aromatic nitrogens is 2. The third-order valence-corrected chi connectivity index (χ3v) is 2.95. The number of halogens is 2. The predicted octanol–water partition coefficient (Wildman–Crippen LogP) is 3.18. The lowest BCUT2D eigenvalue weighted by atomic mass is 10.2. The zero-order chi connectivity index (χ0) is 13.3. The molecule has 2 N–H and O–H groups in total. The summed E-state index contributed by atoms with van der Waals surface area (Å²) >= 11 is 3.15. The second-order valence-electron chi connectivity index (χ2n) is 3.92. The van der Waals surface area contributed by atoms with Crippen molar-refractivity contribution in [2.75, 3.05) is 5.32 Å². The molecule has 0 aliphatic heterocycles. The Bertz CT molecular complexity index is 570. The van der Waals surface area contributed by atoms with E-state index in [1.807, 2.05) is 0 Å². The van der Waals surface area contributed by atoms with Crippen LogP contribution in [0.2, 0.25) is 0 Å². The number of anilines is 1. The Kier molecular flexibility index (Phi) is 3.47. The number of hydrogen-bond donors (Lipinski definition) is 2. The first-order valence-corrected chi connectivity index (χ1v) is 6.05. The second-order valence-corrected chi connectivity index (χ2v) is 4.84. The minimum absolute atomic E-state index is 0.252. The molecule has 0 atom stereocenters. The Labute approximate surface area is 112 Å². The minimum Gasteiger partial charge on any atom is -0.319 e. The molecule has 0 saturated heterocycles. The van der Waals surface area contributed by atoms with Gasteiger partial charge in [-0.3, -0.25) is 9.89 Å². The van der Waals surface area contributed by atoms with E-state index in [0.717, 1.165) is 5.69 Å².